The van der Waals surface area contributed by atoms with Crippen LogP contribution in [-0.4, -0.2) is 49.2 Å². The summed E-state index contributed by atoms with van der Waals surface area (Å²) in [5.74, 6) is -0.479. The Bertz CT molecular complexity index is 1010. The smallest absolute Gasteiger partial charge is 0.352 e. The Morgan fingerprint density at radius 2 is 1.97 bits per heavy atom. The molecule has 0 unspecified atom stereocenters. The number of nitrogens with zero attached hydrogens (tertiary/aromatic N) is 3. The summed E-state index contributed by atoms with van der Waals surface area (Å²) in [6, 6.07) is 4.34. The Kier molecular flexibility index (Phi) is 6.51. The number of benzene rings is 1. The second kappa shape index (κ2) is 8.89. The summed E-state index contributed by atoms with van der Waals surface area (Å²) < 4.78 is 1.80. The molecular weight excluding hydrogens is 400 g/mol. The first kappa shape index (κ1) is 21.2. The number of aliphatic hydroxyl groups excluding tert-OH is 1. The quantitative estimate of drug-likeness (QED) is 0.621. The third-order valence-electron chi connectivity index (χ3n) is 5.09. The van der Waals surface area contributed by atoms with E-state index in [1.807, 2.05) is 0 Å². The van der Waals surface area contributed by atoms with Crippen LogP contribution in [0.25, 0.3) is 5.69 Å². The molecule has 9 nitrogen and oxygen atoms in total. The van der Waals surface area contributed by atoms with Crippen molar-refractivity contribution in [2.24, 2.45) is 0 Å². The normalized spacial score (nSPS) is 15.8. The van der Waals surface area contributed by atoms with Gasteiger partial charge < -0.3 is 15.5 Å². The lowest BCUT2D eigenvalue weighted by Gasteiger charge is -2.32. The molecule has 1 aliphatic rings. The van der Waals surface area contributed by atoms with Crippen molar-refractivity contribution in [2.45, 2.75) is 44.2 Å². The van der Waals surface area contributed by atoms with E-state index in [0.717, 1.165) is 34.7 Å². The number of rotatable bonds is 6. The average molecular weight is 423 g/mol. The molecule has 0 bridgehead atoms. The van der Waals surface area contributed by atoms with Crippen molar-refractivity contribution < 1.29 is 15.0 Å². The molecule has 1 heterocycles. The fourth-order valence-corrected chi connectivity index (χ4v) is 3.67. The van der Waals surface area contributed by atoms with Crippen LogP contribution in [0.5, 0.6) is 0 Å². The van der Waals surface area contributed by atoms with Crippen LogP contribution in [0, 0.1) is 0 Å². The molecule has 3 N–H and O–H groups in total. The van der Waals surface area contributed by atoms with Crippen LogP contribution in [0.1, 0.15) is 42.5 Å². The largest absolute Gasteiger partial charge is 0.395 e. The molecule has 3 rings (SSSR count). The Labute approximate surface area is 171 Å². The van der Waals surface area contributed by atoms with Gasteiger partial charge in [0.25, 0.3) is 11.5 Å². The van der Waals surface area contributed by atoms with Gasteiger partial charge in [-0.25, -0.2) is 4.79 Å². The molecule has 0 atom stereocenters. The number of carbonyl (C=O) groups excluding carboxylic acids is 1. The number of hydrogen-bond acceptors (Lipinski definition) is 6. The van der Waals surface area contributed by atoms with Crippen LogP contribution in [0.15, 0.2) is 34.0 Å². The van der Waals surface area contributed by atoms with Gasteiger partial charge in [-0.3, -0.25) is 14.2 Å². The van der Waals surface area contributed by atoms with Gasteiger partial charge in [0, 0.05) is 6.54 Å². The van der Waals surface area contributed by atoms with Crippen LogP contribution in [-0.2, 0) is 6.54 Å². The van der Waals surface area contributed by atoms with Gasteiger partial charge in [0.1, 0.15) is 6.20 Å². The summed E-state index contributed by atoms with van der Waals surface area (Å²) >= 11 is 6.16. The average Bonchev–Trinajstić information content (AvgIpc) is 2.71. The zero-order chi connectivity index (χ0) is 21.0. The summed E-state index contributed by atoms with van der Waals surface area (Å²) in [7, 11) is 0. The topological polar surface area (TPSA) is 126 Å². The van der Waals surface area contributed by atoms with E-state index in [4.69, 9.17) is 16.7 Å². The lowest BCUT2D eigenvalue weighted by Crippen LogP contribution is -2.44. The van der Waals surface area contributed by atoms with Gasteiger partial charge in [-0.2, -0.15) is 9.78 Å². The van der Waals surface area contributed by atoms with Crippen LogP contribution in [0.3, 0.4) is 0 Å². The van der Waals surface area contributed by atoms with E-state index in [1.165, 1.54) is 18.2 Å². The second-order valence-electron chi connectivity index (χ2n) is 7.18. The van der Waals surface area contributed by atoms with E-state index in [9.17, 15) is 19.5 Å². The Balaban J connectivity index is 1.87. The Morgan fingerprint density at radius 3 is 2.66 bits per heavy atom. The maximum absolute atomic E-state index is 12.6. The highest BCUT2D eigenvalue weighted by Gasteiger charge is 2.29. The van der Waals surface area contributed by atoms with Crippen LogP contribution in [0.4, 0.5) is 0 Å². The molecule has 0 spiro atoms. The van der Waals surface area contributed by atoms with E-state index >= 15 is 0 Å². The SMILES string of the molecule is O=C(NCC1(O)CCCCC1)c1cc(-n2ncc(=O)n(CCO)c2=O)ccc1Cl. The van der Waals surface area contributed by atoms with Gasteiger partial charge in [-0.15, -0.1) is 0 Å². The molecule has 156 valence electrons. The predicted molar refractivity (Wildman–Crippen MR) is 107 cm³/mol. The fraction of sp³-hybridized carbons (Fsp3) is 0.474. The first-order chi connectivity index (χ1) is 13.8. The molecule has 1 aromatic heterocycles. The predicted octanol–water partition coefficient (Wildman–Crippen LogP) is 0.465. The molecule has 0 aliphatic heterocycles. The molecular formula is C19H23ClN4O5. The molecule has 1 aliphatic carbocycles. The molecule has 29 heavy (non-hydrogen) atoms. The zero-order valence-corrected chi connectivity index (χ0v) is 16.6. The molecule has 10 heteroatoms. The summed E-state index contributed by atoms with van der Waals surface area (Å²) in [5, 5.41) is 26.3. The van der Waals surface area contributed by atoms with Crippen molar-refractivity contribution in [1.29, 1.82) is 0 Å². The Morgan fingerprint density at radius 1 is 1.24 bits per heavy atom. The lowest BCUT2D eigenvalue weighted by atomic mass is 9.85. The van der Waals surface area contributed by atoms with Crippen molar-refractivity contribution in [3.05, 3.63) is 55.8 Å². The summed E-state index contributed by atoms with van der Waals surface area (Å²) in [6.45, 7) is -0.429. The summed E-state index contributed by atoms with van der Waals surface area (Å²) in [4.78, 5) is 36.9. The van der Waals surface area contributed by atoms with Crippen molar-refractivity contribution in [3.63, 3.8) is 0 Å². The van der Waals surface area contributed by atoms with Gasteiger partial charge >= 0.3 is 5.69 Å². The van der Waals surface area contributed by atoms with E-state index < -0.39 is 22.8 Å². The van der Waals surface area contributed by atoms with E-state index in [1.54, 1.807) is 0 Å². The van der Waals surface area contributed by atoms with E-state index in [2.05, 4.69) is 10.4 Å². The van der Waals surface area contributed by atoms with Gasteiger partial charge in [0.15, 0.2) is 0 Å². The maximum atomic E-state index is 12.6. The minimum Gasteiger partial charge on any atom is -0.395 e. The first-order valence-corrected chi connectivity index (χ1v) is 9.83. The highest BCUT2D eigenvalue weighted by atomic mass is 35.5. The van der Waals surface area contributed by atoms with Crippen LogP contribution < -0.4 is 16.6 Å². The number of hydrogen-bond donors (Lipinski definition) is 3. The monoisotopic (exact) mass is 422 g/mol. The van der Waals surface area contributed by atoms with E-state index in [0.29, 0.717) is 12.8 Å². The van der Waals surface area contributed by atoms with Crippen molar-refractivity contribution in [1.82, 2.24) is 19.7 Å². The van der Waals surface area contributed by atoms with E-state index in [-0.39, 0.29) is 36.0 Å². The number of aromatic nitrogens is 3. The highest BCUT2D eigenvalue weighted by Crippen LogP contribution is 2.27. The standard InChI is InChI=1S/C19H23ClN4O5/c20-15-5-4-13(24-18(28)23(8-9-25)16(26)11-22-24)10-14(15)17(27)21-12-19(29)6-2-1-3-7-19/h4-5,10-11,25,29H,1-3,6-9,12H2,(H,21,27). The number of aliphatic hydroxyl groups is 2. The zero-order valence-electron chi connectivity index (χ0n) is 15.8. The highest BCUT2D eigenvalue weighted by molar-refractivity contribution is 6.33. The van der Waals surface area contributed by atoms with Gasteiger partial charge in [-0.05, 0) is 31.0 Å². The number of carbonyl (C=O) groups is 1. The molecule has 1 amide bonds. The molecule has 2 aromatic rings. The summed E-state index contributed by atoms with van der Waals surface area (Å²) in [5.41, 5.74) is -1.93. The molecule has 1 fully saturated rings. The number of nitrogens with one attached hydrogen (secondary N) is 1. The van der Waals surface area contributed by atoms with Gasteiger partial charge in [0.2, 0.25) is 0 Å². The minimum atomic E-state index is -0.920. The maximum Gasteiger partial charge on any atom is 0.352 e. The molecule has 0 saturated heterocycles. The second-order valence-corrected chi connectivity index (χ2v) is 7.59. The molecule has 0 radical (unpaired) electrons. The van der Waals surface area contributed by atoms with Crippen LogP contribution >= 0.6 is 11.6 Å². The number of halogens is 1. The lowest BCUT2D eigenvalue weighted by molar-refractivity contribution is 0.00526. The fourth-order valence-electron chi connectivity index (χ4n) is 3.46. The third kappa shape index (κ3) is 4.75. The van der Waals surface area contributed by atoms with Gasteiger partial charge in [-0.1, -0.05) is 30.9 Å². The van der Waals surface area contributed by atoms with Crippen LogP contribution in [0.2, 0.25) is 5.02 Å². The van der Waals surface area contributed by atoms with Gasteiger partial charge in [0.05, 0.1) is 35.0 Å². The molecule has 1 saturated carbocycles. The van der Waals surface area contributed by atoms with Crippen molar-refractivity contribution in [3.8, 4) is 5.69 Å². The summed E-state index contributed by atoms with van der Waals surface area (Å²) in [6.07, 6.45) is 5.13. The molecule has 1 aromatic carbocycles. The van der Waals surface area contributed by atoms with Crippen molar-refractivity contribution >= 4 is 17.5 Å². The Hall–Kier alpha value is -2.49. The van der Waals surface area contributed by atoms with Crippen molar-refractivity contribution in [2.75, 3.05) is 13.2 Å². The first-order valence-electron chi connectivity index (χ1n) is 9.45. The number of amides is 1. The minimum absolute atomic E-state index is 0.117. The third-order valence-corrected chi connectivity index (χ3v) is 5.42.